The molecule has 3 heteroatoms. The summed E-state index contributed by atoms with van der Waals surface area (Å²) in [6.45, 7) is -0.601. The summed E-state index contributed by atoms with van der Waals surface area (Å²) in [6, 6.07) is 30.4. The molecule has 3 rings (SSSR count). The average Bonchev–Trinajstić information content (AvgIpc) is 2.62. The molecule has 0 heterocycles. The van der Waals surface area contributed by atoms with Crippen LogP contribution in [0.5, 0.6) is 0 Å². The third-order valence-electron chi connectivity index (χ3n) is 3.17. The van der Waals surface area contributed by atoms with Gasteiger partial charge < -0.3 is 0 Å². The summed E-state index contributed by atoms with van der Waals surface area (Å²) < 4.78 is 0.270. The third-order valence-corrected chi connectivity index (χ3v) is 10.4. The van der Waals surface area contributed by atoms with Crippen molar-refractivity contribution >= 4 is 36.4 Å². The molecule has 0 aliphatic heterocycles. The molecule has 1 nitrogen and oxygen atoms in total. The van der Waals surface area contributed by atoms with Crippen molar-refractivity contribution in [3.8, 4) is 0 Å². The van der Waals surface area contributed by atoms with E-state index in [1.54, 1.807) is 0 Å². The first kappa shape index (κ1) is 15.2. The van der Waals surface area contributed by atoms with Crippen molar-refractivity contribution < 1.29 is 4.79 Å². The van der Waals surface area contributed by atoms with Crippen LogP contribution in [-0.2, 0) is 0 Å². The minimum absolute atomic E-state index is 0.112. The van der Waals surface area contributed by atoms with Gasteiger partial charge in [0.05, 0.1) is 0 Å². The van der Waals surface area contributed by atoms with E-state index in [4.69, 9.17) is 0 Å². The average molecular weight is 369 g/mol. The summed E-state index contributed by atoms with van der Waals surface area (Å²) in [4.78, 5) is 12.6. The Morgan fingerprint density at radius 2 is 1.05 bits per heavy atom. The van der Waals surface area contributed by atoms with E-state index in [0.717, 1.165) is 5.56 Å². The molecule has 0 N–H and O–H groups in total. The number of rotatable bonds is 5. The van der Waals surface area contributed by atoms with Crippen LogP contribution < -0.4 is 10.6 Å². The van der Waals surface area contributed by atoms with Gasteiger partial charge in [-0.2, -0.15) is 0 Å². The van der Waals surface area contributed by atoms with E-state index in [1.165, 1.54) is 10.6 Å². The van der Waals surface area contributed by atoms with Gasteiger partial charge in [0, 0.05) is 0 Å². The summed E-state index contributed by atoms with van der Waals surface area (Å²) in [5.41, 5.74) is 0.821. The van der Waals surface area contributed by atoms with Crippen LogP contribution in [0, 0.1) is 0 Å². The first-order valence-corrected chi connectivity index (χ1v) is 11.4. The predicted molar refractivity (Wildman–Crippen MR) is 95.6 cm³/mol. The first-order valence-electron chi connectivity index (χ1n) is 7.02. The Bertz CT molecular complexity index is 690. The normalized spacial score (nSPS) is 10.6. The van der Waals surface area contributed by atoms with Gasteiger partial charge in [-0.15, -0.1) is 0 Å². The van der Waals surface area contributed by atoms with E-state index in [2.05, 4.69) is 48.5 Å². The van der Waals surface area contributed by atoms with Gasteiger partial charge in [-0.25, -0.2) is 0 Å². The first-order chi connectivity index (χ1) is 10.8. The molecule has 0 aliphatic rings. The molecule has 108 valence electrons. The number of benzene rings is 3. The summed E-state index contributed by atoms with van der Waals surface area (Å²) >= 11 is -0.112. The van der Waals surface area contributed by atoms with E-state index >= 15 is 0 Å². The molecule has 0 saturated heterocycles. The van der Waals surface area contributed by atoms with Gasteiger partial charge in [0.15, 0.2) is 0 Å². The molecule has 22 heavy (non-hydrogen) atoms. The molecule has 0 aromatic heterocycles. The summed E-state index contributed by atoms with van der Waals surface area (Å²) in [6.07, 6.45) is 0. The van der Waals surface area contributed by atoms with Crippen LogP contribution in [0.3, 0.4) is 0 Å². The van der Waals surface area contributed by atoms with E-state index in [1.807, 2.05) is 42.5 Å². The van der Waals surface area contributed by atoms with Crippen molar-refractivity contribution in [2.75, 3.05) is 0 Å². The summed E-state index contributed by atoms with van der Waals surface area (Å²) in [7, 11) is 0. The van der Waals surface area contributed by atoms with Gasteiger partial charge in [0.2, 0.25) is 0 Å². The number of hydrogen-bond acceptors (Lipinski definition) is 1. The SMILES string of the molecule is O=C([Se]P(c1ccccc1)c1ccccc1)c1ccccc1. The van der Waals surface area contributed by atoms with Crippen molar-refractivity contribution in [1.29, 1.82) is 0 Å². The molecule has 0 unspecified atom stereocenters. The zero-order valence-corrected chi connectivity index (χ0v) is 14.5. The zero-order valence-electron chi connectivity index (χ0n) is 11.9. The molecule has 0 amide bonds. The Kier molecular flexibility index (Phi) is 5.19. The molecule has 0 fully saturated rings. The van der Waals surface area contributed by atoms with E-state index in [0.29, 0.717) is 0 Å². The summed E-state index contributed by atoms with van der Waals surface area (Å²) in [5.74, 6) is 0. The van der Waals surface area contributed by atoms with Crippen LogP contribution >= 0.6 is 6.61 Å². The maximum absolute atomic E-state index is 12.6. The molecule has 0 spiro atoms. The topological polar surface area (TPSA) is 17.1 Å². The Labute approximate surface area is 137 Å². The molecular formula is C19H15OPSe. The Hall–Kier alpha value is -1.72. The molecule has 0 saturated carbocycles. The van der Waals surface area contributed by atoms with Gasteiger partial charge in [0.1, 0.15) is 0 Å². The van der Waals surface area contributed by atoms with Crippen LogP contribution in [0.2, 0.25) is 0 Å². The fourth-order valence-electron chi connectivity index (χ4n) is 2.09. The fourth-order valence-corrected chi connectivity index (χ4v) is 8.61. The van der Waals surface area contributed by atoms with Gasteiger partial charge >= 0.3 is 138 Å². The van der Waals surface area contributed by atoms with Gasteiger partial charge in [-0.05, 0) is 0 Å². The van der Waals surface area contributed by atoms with Crippen LogP contribution in [0.25, 0.3) is 0 Å². The Morgan fingerprint density at radius 1 is 0.636 bits per heavy atom. The molecule has 3 aromatic carbocycles. The van der Waals surface area contributed by atoms with Crippen molar-refractivity contribution in [2.24, 2.45) is 0 Å². The molecule has 0 radical (unpaired) electrons. The second-order valence-electron chi connectivity index (χ2n) is 4.71. The molecule has 0 aliphatic carbocycles. The van der Waals surface area contributed by atoms with Crippen molar-refractivity contribution in [2.45, 2.75) is 0 Å². The number of carbonyl (C=O) groups is 1. The molecule has 0 bridgehead atoms. The predicted octanol–water partition coefficient (Wildman–Crippen LogP) is 3.58. The molecule has 3 aromatic rings. The number of carbonyl (C=O) groups excluding carboxylic acids is 1. The Balaban J connectivity index is 1.91. The minimum atomic E-state index is -0.601. The van der Waals surface area contributed by atoms with Crippen LogP contribution in [0.15, 0.2) is 91.0 Å². The van der Waals surface area contributed by atoms with E-state index in [9.17, 15) is 4.79 Å². The van der Waals surface area contributed by atoms with Gasteiger partial charge in [-0.1, -0.05) is 0 Å². The van der Waals surface area contributed by atoms with E-state index in [-0.39, 0.29) is 19.2 Å². The molecular weight excluding hydrogens is 354 g/mol. The quantitative estimate of drug-likeness (QED) is 0.496. The zero-order chi connectivity index (χ0) is 15.2. The third kappa shape index (κ3) is 3.72. The van der Waals surface area contributed by atoms with Crippen molar-refractivity contribution in [1.82, 2.24) is 0 Å². The standard InChI is InChI=1S/C19H15OPSe/c20-19(16-10-4-1-5-11-16)22-21(17-12-6-2-7-13-17)18-14-8-3-9-15-18/h1-15H. The monoisotopic (exact) mass is 370 g/mol. The second kappa shape index (κ2) is 7.51. The van der Waals surface area contributed by atoms with Crippen LogP contribution in [0.4, 0.5) is 0 Å². The second-order valence-corrected chi connectivity index (χ2v) is 10.7. The van der Waals surface area contributed by atoms with Crippen molar-refractivity contribution in [3.05, 3.63) is 96.6 Å². The Morgan fingerprint density at radius 3 is 1.50 bits per heavy atom. The number of hydrogen-bond donors (Lipinski definition) is 0. The maximum atomic E-state index is 12.6. The fraction of sp³-hybridized carbons (Fsp3) is 0. The van der Waals surface area contributed by atoms with Gasteiger partial charge in [-0.3, -0.25) is 0 Å². The molecule has 0 atom stereocenters. The van der Waals surface area contributed by atoms with Crippen molar-refractivity contribution in [3.63, 3.8) is 0 Å². The van der Waals surface area contributed by atoms with E-state index < -0.39 is 6.61 Å². The van der Waals surface area contributed by atoms with Crippen LogP contribution in [0.1, 0.15) is 10.4 Å². The van der Waals surface area contributed by atoms with Crippen LogP contribution in [-0.4, -0.2) is 19.2 Å². The van der Waals surface area contributed by atoms with Gasteiger partial charge in [0.25, 0.3) is 0 Å². The summed E-state index contributed by atoms with van der Waals surface area (Å²) in [5, 5.41) is 2.54.